The molecule has 106 valence electrons. The predicted octanol–water partition coefficient (Wildman–Crippen LogP) is 2.32. The Hall–Kier alpha value is -1.43. The van der Waals surface area contributed by atoms with Gasteiger partial charge in [0.05, 0.1) is 14.2 Å². The van der Waals surface area contributed by atoms with Gasteiger partial charge in [-0.25, -0.2) is 0 Å². The van der Waals surface area contributed by atoms with Crippen molar-refractivity contribution in [3.8, 4) is 11.5 Å². The van der Waals surface area contributed by atoms with Gasteiger partial charge in [-0.15, -0.1) is 0 Å². The Kier molecular flexibility index (Phi) is 3.89. The van der Waals surface area contributed by atoms with Gasteiger partial charge in [-0.1, -0.05) is 0 Å². The molecule has 0 radical (unpaired) electrons. The summed E-state index contributed by atoms with van der Waals surface area (Å²) in [6, 6.07) is 1.89. The SMILES string of the molecule is COc1cc2c(cc1OC)CC(C(F)(F)F)NCC2. The van der Waals surface area contributed by atoms with Crippen LogP contribution in [0.5, 0.6) is 11.5 Å². The monoisotopic (exact) mass is 275 g/mol. The van der Waals surface area contributed by atoms with Gasteiger partial charge in [0.15, 0.2) is 11.5 Å². The van der Waals surface area contributed by atoms with E-state index in [1.165, 1.54) is 14.2 Å². The van der Waals surface area contributed by atoms with Crippen LogP contribution >= 0.6 is 0 Å². The molecule has 1 unspecified atom stereocenters. The summed E-state index contributed by atoms with van der Waals surface area (Å²) in [5.41, 5.74) is 1.53. The quantitative estimate of drug-likeness (QED) is 0.898. The zero-order valence-corrected chi connectivity index (χ0v) is 10.8. The second-order valence-electron chi connectivity index (χ2n) is 4.48. The molecule has 2 rings (SSSR count). The van der Waals surface area contributed by atoms with Crippen molar-refractivity contribution < 1.29 is 22.6 Å². The standard InChI is InChI=1S/C13H16F3NO2/c1-18-10-5-8-3-4-17-12(13(14,15)16)7-9(8)6-11(10)19-2/h5-6,12,17H,3-4,7H2,1-2H3. The normalized spacial score (nSPS) is 19.5. The van der Waals surface area contributed by atoms with Crippen LogP contribution in [0.3, 0.4) is 0 Å². The summed E-state index contributed by atoms with van der Waals surface area (Å²) >= 11 is 0. The number of hydrogen-bond acceptors (Lipinski definition) is 3. The van der Waals surface area contributed by atoms with Gasteiger partial charge >= 0.3 is 6.18 Å². The van der Waals surface area contributed by atoms with Gasteiger partial charge in [-0.05, 0) is 42.6 Å². The number of nitrogens with one attached hydrogen (secondary N) is 1. The Morgan fingerprint density at radius 2 is 1.68 bits per heavy atom. The molecule has 1 aromatic carbocycles. The summed E-state index contributed by atoms with van der Waals surface area (Å²) in [4.78, 5) is 0. The van der Waals surface area contributed by atoms with Crippen molar-refractivity contribution in [3.05, 3.63) is 23.3 Å². The number of methoxy groups -OCH3 is 2. The molecule has 3 nitrogen and oxygen atoms in total. The lowest BCUT2D eigenvalue weighted by Gasteiger charge is -2.20. The van der Waals surface area contributed by atoms with Gasteiger partial charge in [-0.3, -0.25) is 0 Å². The van der Waals surface area contributed by atoms with Crippen LogP contribution in [0.1, 0.15) is 11.1 Å². The smallest absolute Gasteiger partial charge is 0.404 e. The Balaban J connectivity index is 2.37. The van der Waals surface area contributed by atoms with Crippen molar-refractivity contribution in [2.75, 3.05) is 20.8 Å². The highest BCUT2D eigenvalue weighted by molar-refractivity contribution is 5.48. The molecule has 1 N–H and O–H groups in total. The third kappa shape index (κ3) is 2.94. The minimum absolute atomic E-state index is 0.0841. The van der Waals surface area contributed by atoms with E-state index in [1.54, 1.807) is 12.1 Å². The second-order valence-corrected chi connectivity index (χ2v) is 4.48. The van der Waals surface area contributed by atoms with Gasteiger partial charge in [0.1, 0.15) is 6.04 Å². The average Bonchev–Trinajstić information content (AvgIpc) is 2.57. The Morgan fingerprint density at radius 3 is 2.21 bits per heavy atom. The Labute approximate surface area is 109 Å². The lowest BCUT2D eigenvalue weighted by Crippen LogP contribution is -2.43. The van der Waals surface area contributed by atoms with Crippen LogP contribution in [0, 0.1) is 0 Å². The highest BCUT2D eigenvalue weighted by atomic mass is 19.4. The van der Waals surface area contributed by atoms with E-state index >= 15 is 0 Å². The first-order valence-corrected chi connectivity index (χ1v) is 5.99. The molecule has 1 aliphatic rings. The van der Waals surface area contributed by atoms with Gasteiger partial charge < -0.3 is 14.8 Å². The second kappa shape index (κ2) is 5.28. The molecule has 0 saturated heterocycles. The number of benzene rings is 1. The van der Waals surface area contributed by atoms with E-state index in [-0.39, 0.29) is 6.42 Å². The molecule has 1 atom stereocenters. The fourth-order valence-corrected chi connectivity index (χ4v) is 2.29. The van der Waals surface area contributed by atoms with Crippen LogP contribution in [0.2, 0.25) is 0 Å². The third-order valence-corrected chi connectivity index (χ3v) is 3.31. The van der Waals surface area contributed by atoms with E-state index in [0.29, 0.717) is 30.0 Å². The molecule has 19 heavy (non-hydrogen) atoms. The third-order valence-electron chi connectivity index (χ3n) is 3.31. The predicted molar refractivity (Wildman–Crippen MR) is 64.8 cm³/mol. The molecule has 0 bridgehead atoms. The van der Waals surface area contributed by atoms with E-state index in [0.717, 1.165) is 5.56 Å². The van der Waals surface area contributed by atoms with E-state index in [9.17, 15) is 13.2 Å². The number of alkyl halides is 3. The first-order valence-electron chi connectivity index (χ1n) is 5.99. The topological polar surface area (TPSA) is 30.5 Å². The van der Waals surface area contributed by atoms with Crippen LogP contribution in [0.15, 0.2) is 12.1 Å². The highest BCUT2D eigenvalue weighted by Gasteiger charge is 2.40. The molecule has 0 spiro atoms. The number of ether oxygens (including phenoxy) is 2. The lowest BCUT2D eigenvalue weighted by molar-refractivity contribution is -0.155. The van der Waals surface area contributed by atoms with Crippen LogP contribution in [-0.4, -0.2) is 33.0 Å². The Bertz CT molecular complexity index is 460. The van der Waals surface area contributed by atoms with Crippen LogP contribution in [0.4, 0.5) is 13.2 Å². The van der Waals surface area contributed by atoms with Crippen LogP contribution < -0.4 is 14.8 Å². The van der Waals surface area contributed by atoms with E-state index in [2.05, 4.69) is 5.32 Å². The molecular weight excluding hydrogens is 259 g/mol. The number of fused-ring (bicyclic) bond motifs is 1. The largest absolute Gasteiger partial charge is 0.493 e. The van der Waals surface area contributed by atoms with Crippen LogP contribution in [0.25, 0.3) is 0 Å². The summed E-state index contributed by atoms with van der Waals surface area (Å²) in [5.74, 6) is 1.01. The maximum Gasteiger partial charge on any atom is 0.404 e. The lowest BCUT2D eigenvalue weighted by atomic mass is 9.99. The van der Waals surface area contributed by atoms with E-state index in [4.69, 9.17) is 9.47 Å². The molecule has 0 aliphatic carbocycles. The number of rotatable bonds is 2. The summed E-state index contributed by atoms with van der Waals surface area (Å²) in [7, 11) is 2.98. The van der Waals surface area contributed by atoms with Crippen molar-refractivity contribution in [1.82, 2.24) is 5.32 Å². The van der Waals surface area contributed by atoms with E-state index in [1.807, 2.05) is 0 Å². The Morgan fingerprint density at radius 1 is 1.11 bits per heavy atom. The summed E-state index contributed by atoms with van der Waals surface area (Å²) < 4.78 is 48.8. The first-order chi connectivity index (χ1) is 8.95. The summed E-state index contributed by atoms with van der Waals surface area (Å²) in [6.07, 6.45) is -3.78. The molecule has 1 heterocycles. The van der Waals surface area contributed by atoms with Gasteiger partial charge in [-0.2, -0.15) is 13.2 Å². The van der Waals surface area contributed by atoms with Crippen LogP contribution in [-0.2, 0) is 12.8 Å². The minimum atomic E-state index is -4.24. The van der Waals surface area contributed by atoms with Crippen molar-refractivity contribution in [2.24, 2.45) is 0 Å². The maximum absolute atomic E-state index is 12.8. The maximum atomic E-state index is 12.8. The first kappa shape index (κ1) is 14.0. The zero-order chi connectivity index (χ0) is 14.0. The van der Waals surface area contributed by atoms with Crippen molar-refractivity contribution in [2.45, 2.75) is 25.1 Å². The number of hydrogen-bond donors (Lipinski definition) is 1. The molecule has 6 heteroatoms. The number of halogens is 3. The average molecular weight is 275 g/mol. The van der Waals surface area contributed by atoms with E-state index < -0.39 is 12.2 Å². The highest BCUT2D eigenvalue weighted by Crippen LogP contribution is 2.34. The fourth-order valence-electron chi connectivity index (χ4n) is 2.29. The molecule has 0 amide bonds. The van der Waals surface area contributed by atoms with Gasteiger partial charge in [0.2, 0.25) is 0 Å². The van der Waals surface area contributed by atoms with Crippen molar-refractivity contribution >= 4 is 0 Å². The molecule has 0 saturated carbocycles. The minimum Gasteiger partial charge on any atom is -0.493 e. The molecule has 1 aliphatic heterocycles. The fraction of sp³-hybridized carbons (Fsp3) is 0.538. The van der Waals surface area contributed by atoms with Crippen molar-refractivity contribution in [1.29, 1.82) is 0 Å². The summed E-state index contributed by atoms with van der Waals surface area (Å²) in [6.45, 7) is 0.298. The molecule has 0 fully saturated rings. The molecular formula is C13H16F3NO2. The zero-order valence-electron chi connectivity index (χ0n) is 10.8. The summed E-state index contributed by atoms with van der Waals surface area (Å²) in [5, 5.41) is 2.54. The van der Waals surface area contributed by atoms with Crippen molar-refractivity contribution in [3.63, 3.8) is 0 Å². The molecule has 1 aromatic rings. The molecule has 0 aromatic heterocycles. The van der Waals surface area contributed by atoms with Gasteiger partial charge in [0, 0.05) is 0 Å². The van der Waals surface area contributed by atoms with Gasteiger partial charge in [0.25, 0.3) is 0 Å².